The maximum atomic E-state index is 13.4. The summed E-state index contributed by atoms with van der Waals surface area (Å²) in [6.07, 6.45) is -0.297. The van der Waals surface area contributed by atoms with Gasteiger partial charge in [0.25, 0.3) is 5.91 Å². The van der Waals surface area contributed by atoms with Gasteiger partial charge in [0.05, 0.1) is 6.42 Å². The topological polar surface area (TPSA) is 84.5 Å². The van der Waals surface area contributed by atoms with Gasteiger partial charge in [0.1, 0.15) is 5.82 Å². The van der Waals surface area contributed by atoms with Crippen molar-refractivity contribution >= 4 is 23.6 Å². The summed E-state index contributed by atoms with van der Waals surface area (Å²) in [4.78, 5) is 35.1. The van der Waals surface area contributed by atoms with Crippen LogP contribution in [0.25, 0.3) is 0 Å². The zero-order valence-corrected chi connectivity index (χ0v) is 14.5. The molecule has 0 bridgehead atoms. The Kier molecular flexibility index (Phi) is 6.43. The van der Waals surface area contributed by atoms with Crippen molar-refractivity contribution in [3.8, 4) is 0 Å². The summed E-state index contributed by atoms with van der Waals surface area (Å²) in [5.41, 5.74) is 2.64. The second-order valence-electron chi connectivity index (χ2n) is 5.75. The molecule has 0 heterocycles. The van der Waals surface area contributed by atoms with Gasteiger partial charge < -0.3 is 10.1 Å². The Labute approximate surface area is 150 Å². The molecule has 2 aromatic carbocycles. The number of esters is 1. The highest BCUT2D eigenvalue weighted by Crippen LogP contribution is 2.15. The monoisotopic (exact) mass is 358 g/mol. The Bertz CT molecular complexity index is 836. The van der Waals surface area contributed by atoms with Crippen LogP contribution in [0.4, 0.5) is 14.9 Å². The molecule has 3 amide bonds. The van der Waals surface area contributed by atoms with Crippen LogP contribution in [-0.4, -0.2) is 24.5 Å². The predicted octanol–water partition coefficient (Wildman–Crippen LogP) is 2.88. The Balaban J connectivity index is 1.78. The fraction of sp³-hybridized carbons (Fsp3) is 0.211. The lowest BCUT2D eigenvalue weighted by Gasteiger charge is -2.10. The number of urea groups is 1. The number of ether oxygens (including phenoxy) is 1. The van der Waals surface area contributed by atoms with Crippen LogP contribution in [-0.2, 0) is 20.7 Å². The fourth-order valence-corrected chi connectivity index (χ4v) is 2.26. The van der Waals surface area contributed by atoms with Gasteiger partial charge >= 0.3 is 12.0 Å². The van der Waals surface area contributed by atoms with E-state index in [0.29, 0.717) is 5.69 Å². The summed E-state index contributed by atoms with van der Waals surface area (Å²) in [6, 6.07) is 10.5. The van der Waals surface area contributed by atoms with E-state index in [1.165, 1.54) is 18.2 Å². The lowest BCUT2D eigenvalue weighted by Crippen LogP contribution is -2.37. The number of imide groups is 1. The van der Waals surface area contributed by atoms with Crippen molar-refractivity contribution in [2.75, 3.05) is 11.9 Å². The van der Waals surface area contributed by atoms with E-state index < -0.39 is 30.3 Å². The Morgan fingerprint density at radius 3 is 2.50 bits per heavy atom. The first-order valence-corrected chi connectivity index (χ1v) is 7.92. The van der Waals surface area contributed by atoms with Crippen LogP contribution in [0.5, 0.6) is 0 Å². The molecule has 2 N–H and O–H groups in total. The summed E-state index contributed by atoms with van der Waals surface area (Å²) in [7, 11) is 0. The number of carbonyl (C=O) groups is 3. The number of halogens is 1. The van der Waals surface area contributed by atoms with E-state index in [1.54, 1.807) is 12.1 Å². The number of carbonyl (C=O) groups excluding carboxylic acids is 3. The van der Waals surface area contributed by atoms with E-state index in [9.17, 15) is 18.8 Å². The van der Waals surface area contributed by atoms with Gasteiger partial charge in [-0.05, 0) is 37.1 Å². The number of hydrogen-bond acceptors (Lipinski definition) is 4. The zero-order valence-electron chi connectivity index (χ0n) is 14.5. The molecule has 0 aliphatic carbocycles. The van der Waals surface area contributed by atoms with Gasteiger partial charge in [-0.1, -0.05) is 35.9 Å². The van der Waals surface area contributed by atoms with Crippen molar-refractivity contribution in [1.82, 2.24) is 5.32 Å². The standard InChI is InChI=1S/C19H19FN2O4/c1-12-7-8-16(13(2)9-12)21-19(25)22-17(23)11-26-18(24)10-14-5-3-4-6-15(14)20/h3-9H,10-11H2,1-2H3,(H2,21,22,23,25). The molecule has 136 valence electrons. The van der Waals surface area contributed by atoms with Crippen molar-refractivity contribution in [1.29, 1.82) is 0 Å². The number of amides is 3. The van der Waals surface area contributed by atoms with Gasteiger partial charge in [-0.15, -0.1) is 0 Å². The smallest absolute Gasteiger partial charge is 0.325 e. The highest BCUT2D eigenvalue weighted by molar-refractivity contribution is 6.02. The van der Waals surface area contributed by atoms with E-state index in [2.05, 4.69) is 10.6 Å². The van der Waals surface area contributed by atoms with Crippen molar-refractivity contribution < 1.29 is 23.5 Å². The third kappa shape index (κ3) is 5.70. The molecule has 0 aliphatic heterocycles. The summed E-state index contributed by atoms with van der Waals surface area (Å²) in [6.45, 7) is 3.12. The number of hydrogen-bond donors (Lipinski definition) is 2. The average molecular weight is 358 g/mol. The van der Waals surface area contributed by atoms with Gasteiger partial charge in [-0.3, -0.25) is 14.9 Å². The number of aryl methyl sites for hydroxylation is 2. The normalized spacial score (nSPS) is 10.1. The highest BCUT2D eigenvalue weighted by Gasteiger charge is 2.13. The lowest BCUT2D eigenvalue weighted by molar-refractivity contribution is -0.147. The third-order valence-corrected chi connectivity index (χ3v) is 3.54. The molecule has 0 fully saturated rings. The van der Waals surface area contributed by atoms with Gasteiger partial charge in [0.15, 0.2) is 6.61 Å². The Morgan fingerprint density at radius 1 is 1.08 bits per heavy atom. The van der Waals surface area contributed by atoms with Crippen LogP contribution >= 0.6 is 0 Å². The van der Waals surface area contributed by atoms with Crippen LogP contribution in [0.15, 0.2) is 42.5 Å². The van der Waals surface area contributed by atoms with Crippen molar-refractivity contribution in [3.05, 3.63) is 65.0 Å². The molecule has 7 heteroatoms. The molecule has 0 aromatic heterocycles. The average Bonchev–Trinajstić information content (AvgIpc) is 2.58. The second-order valence-corrected chi connectivity index (χ2v) is 5.75. The summed E-state index contributed by atoms with van der Waals surface area (Å²) < 4.78 is 18.2. The molecule has 2 aromatic rings. The Hall–Kier alpha value is -3.22. The fourth-order valence-electron chi connectivity index (χ4n) is 2.26. The van der Waals surface area contributed by atoms with Crippen LogP contribution in [0.3, 0.4) is 0 Å². The van der Waals surface area contributed by atoms with Crippen LogP contribution < -0.4 is 10.6 Å². The summed E-state index contributed by atoms with van der Waals surface area (Å²) in [5.74, 6) is -2.07. The minimum Gasteiger partial charge on any atom is -0.455 e. The van der Waals surface area contributed by atoms with E-state index in [1.807, 2.05) is 26.0 Å². The first-order valence-electron chi connectivity index (χ1n) is 7.92. The first kappa shape index (κ1) is 19.1. The summed E-state index contributed by atoms with van der Waals surface area (Å²) in [5, 5.41) is 4.60. The third-order valence-electron chi connectivity index (χ3n) is 3.54. The van der Waals surface area contributed by atoms with Crippen molar-refractivity contribution in [2.45, 2.75) is 20.3 Å². The van der Waals surface area contributed by atoms with Gasteiger partial charge in [0.2, 0.25) is 0 Å². The number of nitrogens with one attached hydrogen (secondary N) is 2. The van der Waals surface area contributed by atoms with Crippen molar-refractivity contribution in [3.63, 3.8) is 0 Å². The number of rotatable bonds is 5. The van der Waals surface area contributed by atoms with E-state index in [4.69, 9.17) is 4.74 Å². The van der Waals surface area contributed by atoms with Gasteiger partial charge in [-0.25, -0.2) is 9.18 Å². The number of benzene rings is 2. The summed E-state index contributed by atoms with van der Waals surface area (Å²) >= 11 is 0. The number of anilines is 1. The van der Waals surface area contributed by atoms with Crippen LogP contribution in [0, 0.1) is 19.7 Å². The minimum absolute atomic E-state index is 0.172. The molecule has 0 saturated heterocycles. The Morgan fingerprint density at radius 2 is 1.81 bits per heavy atom. The van der Waals surface area contributed by atoms with Crippen molar-refractivity contribution in [2.24, 2.45) is 0 Å². The van der Waals surface area contributed by atoms with E-state index >= 15 is 0 Å². The minimum atomic E-state index is -0.783. The van der Waals surface area contributed by atoms with Gasteiger partial charge in [0, 0.05) is 5.69 Å². The molecule has 0 saturated carbocycles. The molecular formula is C19H19FN2O4. The largest absolute Gasteiger partial charge is 0.455 e. The predicted molar refractivity (Wildman–Crippen MR) is 94.1 cm³/mol. The molecular weight excluding hydrogens is 339 g/mol. The van der Waals surface area contributed by atoms with E-state index in [0.717, 1.165) is 11.1 Å². The first-order chi connectivity index (χ1) is 12.3. The molecule has 0 unspecified atom stereocenters. The molecule has 0 atom stereocenters. The lowest BCUT2D eigenvalue weighted by atomic mass is 10.1. The van der Waals surface area contributed by atoms with Gasteiger partial charge in [-0.2, -0.15) is 0 Å². The highest BCUT2D eigenvalue weighted by atomic mass is 19.1. The maximum Gasteiger partial charge on any atom is 0.325 e. The SMILES string of the molecule is Cc1ccc(NC(=O)NC(=O)COC(=O)Cc2ccccc2F)c(C)c1. The zero-order chi connectivity index (χ0) is 19.1. The molecule has 0 aliphatic rings. The second kappa shape index (κ2) is 8.75. The molecule has 0 radical (unpaired) electrons. The molecule has 26 heavy (non-hydrogen) atoms. The van der Waals surface area contributed by atoms with Crippen LogP contribution in [0.1, 0.15) is 16.7 Å². The molecule has 6 nitrogen and oxygen atoms in total. The quantitative estimate of drug-likeness (QED) is 0.805. The van der Waals surface area contributed by atoms with Crippen LogP contribution in [0.2, 0.25) is 0 Å². The maximum absolute atomic E-state index is 13.4. The molecule has 0 spiro atoms. The van der Waals surface area contributed by atoms with E-state index in [-0.39, 0.29) is 12.0 Å². The molecule has 2 rings (SSSR count).